The summed E-state index contributed by atoms with van der Waals surface area (Å²) in [5, 5.41) is 1.12. The minimum absolute atomic E-state index is 0.0146. The van der Waals surface area contributed by atoms with E-state index in [0.717, 1.165) is 5.39 Å². The van der Waals surface area contributed by atoms with E-state index in [1.165, 1.54) is 6.92 Å². The summed E-state index contributed by atoms with van der Waals surface area (Å²) in [5.74, 6) is 0.580. The molecule has 0 amide bonds. The highest BCUT2D eigenvalue weighted by atomic mass is 35.5. The van der Waals surface area contributed by atoms with Crippen LogP contribution in [0.15, 0.2) is 48.5 Å². The molecule has 28 heavy (non-hydrogen) atoms. The number of hydrogen-bond donors (Lipinski definition) is 0. The number of halogens is 1. The van der Waals surface area contributed by atoms with Crippen LogP contribution in [-0.2, 0) is 16.1 Å². The number of Topliss-reactive ketones (excluding diaryl/α,β-unsaturated/α-hetero) is 1. The van der Waals surface area contributed by atoms with Crippen molar-refractivity contribution in [1.29, 1.82) is 0 Å². The van der Waals surface area contributed by atoms with Crippen molar-refractivity contribution in [1.82, 2.24) is 4.98 Å². The molecule has 0 bridgehead atoms. The number of hydrogen-bond acceptors (Lipinski definition) is 6. The molecule has 7 heteroatoms. The fourth-order valence-corrected chi connectivity index (χ4v) is 2.72. The molecular weight excluding hydrogens is 382 g/mol. The van der Waals surface area contributed by atoms with Gasteiger partial charge in [-0.3, -0.25) is 4.79 Å². The van der Waals surface area contributed by atoms with Gasteiger partial charge in [-0.15, -0.1) is 0 Å². The van der Waals surface area contributed by atoms with Crippen LogP contribution in [0.25, 0.3) is 10.9 Å². The number of fused-ring (bicyclic) bond motifs is 1. The van der Waals surface area contributed by atoms with Crippen LogP contribution in [0.5, 0.6) is 11.5 Å². The van der Waals surface area contributed by atoms with Gasteiger partial charge in [-0.05, 0) is 49.4 Å². The Balaban J connectivity index is 1.58. The van der Waals surface area contributed by atoms with Gasteiger partial charge < -0.3 is 14.2 Å². The highest BCUT2D eigenvalue weighted by Gasteiger charge is 2.10. The lowest BCUT2D eigenvalue weighted by atomic mass is 10.1. The van der Waals surface area contributed by atoms with Crippen molar-refractivity contribution >= 4 is 34.3 Å². The predicted molar refractivity (Wildman–Crippen MR) is 105 cm³/mol. The number of pyridine rings is 1. The zero-order valence-electron chi connectivity index (χ0n) is 15.4. The van der Waals surface area contributed by atoms with Gasteiger partial charge >= 0.3 is 5.97 Å². The van der Waals surface area contributed by atoms with Crippen molar-refractivity contribution < 1.29 is 23.8 Å². The maximum absolute atomic E-state index is 11.9. The molecule has 3 rings (SSSR count). The van der Waals surface area contributed by atoms with E-state index in [9.17, 15) is 9.59 Å². The number of rotatable bonds is 7. The Morgan fingerprint density at radius 1 is 1.04 bits per heavy atom. The van der Waals surface area contributed by atoms with E-state index in [2.05, 4.69) is 4.98 Å². The lowest BCUT2D eigenvalue weighted by Crippen LogP contribution is -2.15. The number of esters is 1. The highest BCUT2D eigenvalue weighted by Crippen LogP contribution is 2.24. The van der Waals surface area contributed by atoms with Crippen LogP contribution in [-0.4, -0.2) is 30.5 Å². The van der Waals surface area contributed by atoms with E-state index in [-0.39, 0.29) is 24.2 Å². The molecule has 0 aliphatic carbocycles. The maximum Gasteiger partial charge on any atom is 0.344 e. The van der Waals surface area contributed by atoms with Crippen molar-refractivity contribution in [3.63, 3.8) is 0 Å². The van der Waals surface area contributed by atoms with Gasteiger partial charge in [-0.25, -0.2) is 9.78 Å². The number of carbonyl (C=O) groups is 2. The number of aromatic nitrogens is 1. The van der Waals surface area contributed by atoms with E-state index in [4.69, 9.17) is 25.8 Å². The molecule has 0 atom stereocenters. The van der Waals surface area contributed by atoms with E-state index < -0.39 is 5.97 Å². The van der Waals surface area contributed by atoms with Crippen LogP contribution in [0, 0.1) is 0 Å². The van der Waals surface area contributed by atoms with Crippen LogP contribution in [0.3, 0.4) is 0 Å². The van der Waals surface area contributed by atoms with E-state index >= 15 is 0 Å². The number of ketones is 1. The van der Waals surface area contributed by atoms with Crippen LogP contribution < -0.4 is 9.47 Å². The number of nitrogens with zero attached hydrogens (tertiary/aromatic N) is 1. The zero-order chi connectivity index (χ0) is 20.1. The minimum Gasteiger partial charge on any atom is -0.497 e. The molecule has 6 nitrogen and oxygen atoms in total. The van der Waals surface area contributed by atoms with E-state index in [1.807, 2.05) is 18.2 Å². The van der Waals surface area contributed by atoms with Crippen molar-refractivity contribution in [3.8, 4) is 11.5 Å². The summed E-state index contributed by atoms with van der Waals surface area (Å²) in [5.41, 5.74) is 1.86. The second-order valence-corrected chi connectivity index (χ2v) is 6.38. The number of ether oxygens (including phenoxy) is 3. The molecule has 0 unspecified atom stereocenters. The molecule has 0 spiro atoms. The highest BCUT2D eigenvalue weighted by molar-refractivity contribution is 6.30. The average molecular weight is 400 g/mol. The first-order valence-electron chi connectivity index (χ1n) is 8.49. The Morgan fingerprint density at radius 2 is 1.75 bits per heavy atom. The van der Waals surface area contributed by atoms with E-state index in [0.29, 0.717) is 28.1 Å². The van der Waals surface area contributed by atoms with Gasteiger partial charge in [0.1, 0.15) is 23.3 Å². The van der Waals surface area contributed by atoms with Crippen LogP contribution >= 0.6 is 11.6 Å². The van der Waals surface area contributed by atoms with Crippen LogP contribution in [0.1, 0.15) is 22.8 Å². The standard InChI is InChI=1S/C21H18ClNO5/c1-13(24)14-3-6-17(7-4-14)27-12-20(25)28-11-16-9-15-5-8-18(26-2)10-19(15)23-21(16)22/h3-10H,11-12H2,1-2H3. The van der Waals surface area contributed by atoms with E-state index in [1.54, 1.807) is 37.4 Å². The number of benzene rings is 2. The minimum atomic E-state index is -0.540. The SMILES string of the molecule is COc1ccc2cc(COC(=O)COc3ccc(C(C)=O)cc3)c(Cl)nc2c1. The summed E-state index contributed by atoms with van der Waals surface area (Å²) >= 11 is 6.19. The molecule has 0 aliphatic heterocycles. The lowest BCUT2D eigenvalue weighted by molar-refractivity contribution is -0.147. The Labute approximate surface area is 167 Å². The number of methoxy groups -OCH3 is 1. The first-order chi connectivity index (χ1) is 13.5. The average Bonchev–Trinajstić information content (AvgIpc) is 2.70. The van der Waals surface area contributed by atoms with Gasteiger partial charge in [-0.1, -0.05) is 11.6 Å². The molecule has 0 aliphatic rings. The van der Waals surface area contributed by atoms with Gasteiger partial charge in [0.2, 0.25) is 0 Å². The fraction of sp³-hybridized carbons (Fsp3) is 0.190. The van der Waals surface area contributed by atoms with Crippen molar-refractivity contribution in [3.05, 3.63) is 64.8 Å². The van der Waals surface area contributed by atoms with Gasteiger partial charge in [0.25, 0.3) is 0 Å². The second kappa shape index (κ2) is 8.71. The summed E-state index contributed by atoms with van der Waals surface area (Å²) in [7, 11) is 1.58. The Kier molecular flexibility index (Phi) is 6.11. The normalized spacial score (nSPS) is 10.5. The zero-order valence-corrected chi connectivity index (χ0v) is 16.2. The quantitative estimate of drug-likeness (QED) is 0.336. The molecule has 0 N–H and O–H groups in total. The third kappa shape index (κ3) is 4.78. The Hall–Kier alpha value is -3.12. The molecule has 1 aromatic heterocycles. The third-order valence-corrected chi connectivity index (χ3v) is 4.38. The summed E-state index contributed by atoms with van der Waals surface area (Å²) in [6, 6.07) is 13.8. The molecular formula is C21H18ClNO5. The topological polar surface area (TPSA) is 74.7 Å². The maximum atomic E-state index is 11.9. The molecule has 1 heterocycles. The monoisotopic (exact) mass is 399 g/mol. The molecule has 0 saturated heterocycles. The van der Waals surface area contributed by atoms with Gasteiger partial charge in [-0.2, -0.15) is 0 Å². The summed E-state index contributed by atoms with van der Waals surface area (Å²) in [6.07, 6.45) is 0. The van der Waals surface area contributed by atoms with Crippen molar-refractivity contribution in [2.75, 3.05) is 13.7 Å². The molecule has 0 radical (unpaired) electrons. The smallest absolute Gasteiger partial charge is 0.344 e. The fourth-order valence-electron chi connectivity index (χ4n) is 2.52. The largest absolute Gasteiger partial charge is 0.497 e. The summed E-state index contributed by atoms with van der Waals surface area (Å²) < 4.78 is 15.8. The molecule has 0 saturated carbocycles. The first-order valence-corrected chi connectivity index (χ1v) is 8.86. The lowest BCUT2D eigenvalue weighted by Gasteiger charge is -2.09. The van der Waals surface area contributed by atoms with Gasteiger partial charge in [0.05, 0.1) is 12.6 Å². The van der Waals surface area contributed by atoms with Gasteiger partial charge in [0, 0.05) is 22.6 Å². The van der Waals surface area contributed by atoms with Crippen LogP contribution in [0.4, 0.5) is 0 Å². The Morgan fingerprint density at radius 3 is 2.43 bits per heavy atom. The summed E-state index contributed by atoms with van der Waals surface area (Å²) in [6.45, 7) is 1.21. The third-order valence-electron chi connectivity index (χ3n) is 4.06. The van der Waals surface area contributed by atoms with Gasteiger partial charge in [0.15, 0.2) is 12.4 Å². The summed E-state index contributed by atoms with van der Waals surface area (Å²) in [4.78, 5) is 27.5. The first kappa shape index (κ1) is 19.6. The molecule has 144 valence electrons. The molecule has 3 aromatic rings. The number of carbonyl (C=O) groups excluding carboxylic acids is 2. The Bertz CT molecular complexity index is 1020. The van der Waals surface area contributed by atoms with Crippen molar-refractivity contribution in [2.45, 2.75) is 13.5 Å². The predicted octanol–water partition coefficient (Wildman–Crippen LogP) is 4.22. The molecule has 2 aromatic carbocycles. The van der Waals surface area contributed by atoms with Crippen LogP contribution in [0.2, 0.25) is 5.15 Å². The van der Waals surface area contributed by atoms with Crippen molar-refractivity contribution in [2.24, 2.45) is 0 Å². The molecule has 0 fully saturated rings. The second-order valence-electron chi connectivity index (χ2n) is 6.03.